The van der Waals surface area contributed by atoms with E-state index in [1.54, 1.807) is 11.2 Å². The van der Waals surface area contributed by atoms with Gasteiger partial charge in [-0.3, -0.25) is 9.69 Å². The second kappa shape index (κ2) is 8.19. The molecule has 0 fully saturated rings. The van der Waals surface area contributed by atoms with Crippen molar-refractivity contribution in [3.63, 3.8) is 0 Å². The Morgan fingerprint density at radius 2 is 1.97 bits per heavy atom. The van der Waals surface area contributed by atoms with E-state index in [1.807, 2.05) is 35.8 Å². The van der Waals surface area contributed by atoms with E-state index in [9.17, 15) is 4.79 Å². The molecule has 1 amide bonds. The highest BCUT2D eigenvalue weighted by Crippen LogP contribution is 2.32. The Hall–Kier alpha value is -3.33. The van der Waals surface area contributed by atoms with Gasteiger partial charge in [-0.15, -0.1) is 10.2 Å². The normalized spacial score (nSPS) is 13.1. The fourth-order valence-electron chi connectivity index (χ4n) is 3.80. The molecule has 0 unspecified atom stereocenters. The molecule has 0 atom stereocenters. The molecule has 2 N–H and O–H groups in total. The van der Waals surface area contributed by atoms with E-state index in [4.69, 9.17) is 15.7 Å². The van der Waals surface area contributed by atoms with Gasteiger partial charge in [-0.05, 0) is 39.0 Å². The Bertz CT molecular complexity index is 1070. The molecule has 0 aliphatic carbocycles. The quantitative estimate of drug-likeness (QED) is 0.641. The fourth-order valence-corrected chi connectivity index (χ4v) is 3.80. The van der Waals surface area contributed by atoms with E-state index in [1.165, 1.54) is 0 Å². The van der Waals surface area contributed by atoms with Crippen LogP contribution in [0.25, 0.3) is 11.5 Å². The van der Waals surface area contributed by atoms with Crippen molar-refractivity contribution in [1.82, 2.24) is 24.7 Å². The largest absolute Gasteiger partial charge is 0.357 e. The molecule has 1 aliphatic rings. The molecule has 30 heavy (non-hydrogen) atoms. The molecule has 0 aromatic carbocycles. The lowest BCUT2D eigenvalue weighted by atomic mass is 10.1. The van der Waals surface area contributed by atoms with Crippen LogP contribution >= 0.6 is 0 Å². The monoisotopic (exact) mass is 406 g/mol. The van der Waals surface area contributed by atoms with E-state index in [2.05, 4.69) is 28.9 Å². The molecule has 9 heteroatoms. The number of pyridine rings is 2. The molecule has 156 valence electrons. The van der Waals surface area contributed by atoms with Gasteiger partial charge >= 0.3 is 0 Å². The maximum atomic E-state index is 13.3. The first-order chi connectivity index (χ1) is 14.6. The first-order valence-corrected chi connectivity index (χ1v) is 10.3. The molecule has 0 radical (unpaired) electrons. The van der Waals surface area contributed by atoms with E-state index in [0.717, 1.165) is 36.7 Å². The van der Waals surface area contributed by atoms with Gasteiger partial charge in [0.2, 0.25) is 0 Å². The van der Waals surface area contributed by atoms with Crippen LogP contribution in [-0.4, -0.2) is 43.7 Å². The SMILES string of the molecule is CCN(CC)c1cc2c(c(CN)n1)CN(c1cccc(-c3nncn3CC)n1)C2=O. The average Bonchev–Trinajstić information content (AvgIpc) is 3.39. The third-order valence-corrected chi connectivity index (χ3v) is 5.47. The lowest BCUT2D eigenvalue weighted by molar-refractivity contribution is 0.0996. The fraction of sp³-hybridized carbons (Fsp3) is 0.381. The summed E-state index contributed by atoms with van der Waals surface area (Å²) in [6, 6.07) is 7.47. The Balaban J connectivity index is 1.72. The van der Waals surface area contributed by atoms with Crippen LogP contribution in [-0.2, 0) is 19.6 Å². The van der Waals surface area contributed by atoms with Crippen molar-refractivity contribution in [2.24, 2.45) is 5.73 Å². The molecule has 3 aromatic rings. The van der Waals surface area contributed by atoms with Gasteiger partial charge in [-0.2, -0.15) is 0 Å². The molecule has 4 rings (SSSR count). The topological polar surface area (TPSA) is 106 Å². The van der Waals surface area contributed by atoms with Crippen LogP contribution in [0, 0.1) is 0 Å². The summed E-state index contributed by atoms with van der Waals surface area (Å²) in [5.41, 5.74) is 8.94. The van der Waals surface area contributed by atoms with Gasteiger partial charge in [-0.1, -0.05) is 6.07 Å². The second-order valence-electron chi connectivity index (χ2n) is 7.04. The number of amides is 1. The van der Waals surface area contributed by atoms with Crippen molar-refractivity contribution in [3.05, 3.63) is 47.4 Å². The summed E-state index contributed by atoms with van der Waals surface area (Å²) in [4.78, 5) is 26.5. The molecule has 1 aliphatic heterocycles. The average molecular weight is 406 g/mol. The summed E-state index contributed by atoms with van der Waals surface area (Å²) in [7, 11) is 0. The number of fused-ring (bicyclic) bond motifs is 1. The van der Waals surface area contributed by atoms with E-state index < -0.39 is 0 Å². The van der Waals surface area contributed by atoms with Crippen molar-refractivity contribution in [2.45, 2.75) is 40.4 Å². The molecule has 0 spiro atoms. The zero-order valence-electron chi connectivity index (χ0n) is 17.5. The smallest absolute Gasteiger partial charge is 0.260 e. The third-order valence-electron chi connectivity index (χ3n) is 5.47. The minimum atomic E-state index is -0.0860. The summed E-state index contributed by atoms with van der Waals surface area (Å²) < 4.78 is 1.92. The van der Waals surface area contributed by atoms with Crippen LogP contribution in [0.4, 0.5) is 11.6 Å². The second-order valence-corrected chi connectivity index (χ2v) is 7.04. The number of rotatable bonds is 7. The number of hydrogen-bond acceptors (Lipinski definition) is 7. The summed E-state index contributed by atoms with van der Waals surface area (Å²) in [6.07, 6.45) is 1.68. The van der Waals surface area contributed by atoms with Crippen LogP contribution in [0.1, 0.15) is 42.4 Å². The molecule has 4 heterocycles. The first kappa shape index (κ1) is 20.0. The van der Waals surface area contributed by atoms with E-state index in [0.29, 0.717) is 29.4 Å². The first-order valence-electron chi connectivity index (χ1n) is 10.3. The lowest BCUT2D eigenvalue weighted by Gasteiger charge is -2.21. The van der Waals surface area contributed by atoms with Gasteiger partial charge in [-0.25, -0.2) is 9.97 Å². The van der Waals surface area contributed by atoms with E-state index in [-0.39, 0.29) is 12.5 Å². The highest BCUT2D eigenvalue weighted by molar-refractivity contribution is 6.10. The van der Waals surface area contributed by atoms with Crippen LogP contribution in [0.5, 0.6) is 0 Å². The van der Waals surface area contributed by atoms with Gasteiger partial charge in [0.25, 0.3) is 5.91 Å². The molecule has 0 bridgehead atoms. The van der Waals surface area contributed by atoms with Crippen LogP contribution in [0.3, 0.4) is 0 Å². The van der Waals surface area contributed by atoms with Crippen LogP contribution in [0.15, 0.2) is 30.6 Å². The zero-order valence-corrected chi connectivity index (χ0v) is 17.5. The van der Waals surface area contributed by atoms with E-state index >= 15 is 0 Å². The third kappa shape index (κ3) is 3.30. The summed E-state index contributed by atoms with van der Waals surface area (Å²) in [6.45, 7) is 9.21. The number of aryl methyl sites for hydroxylation is 1. The summed E-state index contributed by atoms with van der Waals surface area (Å²) >= 11 is 0. The predicted octanol–water partition coefficient (Wildman–Crippen LogP) is 2.22. The zero-order chi connectivity index (χ0) is 21.3. The number of nitrogens with zero attached hydrogens (tertiary/aromatic N) is 7. The van der Waals surface area contributed by atoms with Crippen LogP contribution < -0.4 is 15.5 Å². The highest BCUT2D eigenvalue weighted by atomic mass is 16.2. The van der Waals surface area contributed by atoms with Gasteiger partial charge in [0, 0.05) is 31.7 Å². The van der Waals surface area contributed by atoms with Crippen molar-refractivity contribution < 1.29 is 4.79 Å². The number of anilines is 2. The molecule has 3 aromatic heterocycles. The maximum absolute atomic E-state index is 13.3. The van der Waals surface area contributed by atoms with Crippen molar-refractivity contribution in [1.29, 1.82) is 0 Å². The van der Waals surface area contributed by atoms with Crippen molar-refractivity contribution in [3.8, 4) is 11.5 Å². The minimum absolute atomic E-state index is 0.0860. The van der Waals surface area contributed by atoms with Gasteiger partial charge < -0.3 is 15.2 Å². The number of carbonyl (C=O) groups is 1. The Labute approximate surface area is 175 Å². The molecule has 0 saturated carbocycles. The van der Waals surface area contributed by atoms with Gasteiger partial charge in [0.15, 0.2) is 5.82 Å². The Kier molecular flexibility index (Phi) is 5.45. The summed E-state index contributed by atoms with van der Waals surface area (Å²) in [5.74, 6) is 1.95. The highest BCUT2D eigenvalue weighted by Gasteiger charge is 2.33. The standard InChI is InChI=1S/C21H26N8O/c1-4-27(5-2)19-10-14-15(17(11-22)25-19)12-29(21(14)30)18-9-7-8-16(24-18)20-26-23-13-28(20)6-3/h7-10,13H,4-6,11-12,22H2,1-3H3. The molecular weight excluding hydrogens is 380 g/mol. The lowest BCUT2D eigenvalue weighted by Crippen LogP contribution is -2.25. The maximum Gasteiger partial charge on any atom is 0.260 e. The minimum Gasteiger partial charge on any atom is -0.357 e. The van der Waals surface area contributed by atoms with Gasteiger partial charge in [0.1, 0.15) is 23.7 Å². The Morgan fingerprint density at radius 1 is 1.17 bits per heavy atom. The number of nitrogens with two attached hydrogens (primary N) is 1. The summed E-state index contributed by atoms with van der Waals surface area (Å²) in [5, 5.41) is 8.15. The van der Waals surface area contributed by atoms with Crippen LogP contribution in [0.2, 0.25) is 0 Å². The Morgan fingerprint density at radius 3 is 2.67 bits per heavy atom. The number of hydrogen-bond donors (Lipinski definition) is 1. The van der Waals surface area contributed by atoms with Crippen molar-refractivity contribution >= 4 is 17.5 Å². The van der Waals surface area contributed by atoms with Gasteiger partial charge in [0.05, 0.1) is 17.8 Å². The number of carbonyl (C=O) groups excluding carboxylic acids is 1. The molecule has 9 nitrogen and oxygen atoms in total. The molecular formula is C21H26N8O. The van der Waals surface area contributed by atoms with Crippen molar-refractivity contribution in [2.75, 3.05) is 22.9 Å². The predicted molar refractivity (Wildman–Crippen MR) is 115 cm³/mol. The molecule has 0 saturated heterocycles. The number of aromatic nitrogens is 5.